The predicted octanol–water partition coefficient (Wildman–Crippen LogP) is 7.33. The van der Waals surface area contributed by atoms with Crippen molar-refractivity contribution < 1.29 is 9.13 Å². The third-order valence-electron chi connectivity index (χ3n) is 6.88. The second-order valence-corrected chi connectivity index (χ2v) is 11.1. The molecule has 2 aromatic heterocycles. The van der Waals surface area contributed by atoms with Crippen LogP contribution in [-0.2, 0) is 13.1 Å². The molecule has 0 saturated heterocycles. The number of halogens is 2. The number of nitrogens with one attached hydrogen (secondary N) is 1. The van der Waals surface area contributed by atoms with Gasteiger partial charge in [0.1, 0.15) is 11.6 Å². The number of ether oxygens (including phenoxy) is 1. The quantitative estimate of drug-likeness (QED) is 0.226. The highest BCUT2D eigenvalue weighted by Gasteiger charge is 2.31. The fraction of sp³-hybridized carbons (Fsp3) is 0.200. The maximum atomic E-state index is 14.5. The van der Waals surface area contributed by atoms with Gasteiger partial charge in [0.15, 0.2) is 5.13 Å². The van der Waals surface area contributed by atoms with Crippen molar-refractivity contribution in [2.24, 2.45) is 0 Å². The number of thiazole rings is 1. The van der Waals surface area contributed by atoms with Gasteiger partial charge in [0.25, 0.3) is 0 Å². The van der Waals surface area contributed by atoms with Crippen LogP contribution in [0.3, 0.4) is 0 Å². The molecule has 0 radical (unpaired) electrons. The van der Waals surface area contributed by atoms with E-state index in [4.69, 9.17) is 21.3 Å². The first-order valence-corrected chi connectivity index (χ1v) is 13.8. The van der Waals surface area contributed by atoms with Gasteiger partial charge in [-0.1, -0.05) is 48.0 Å². The van der Waals surface area contributed by atoms with E-state index in [-0.39, 0.29) is 10.9 Å². The number of fused-ring (bicyclic) bond motifs is 1. The molecular weight excluding hydrogens is 533 g/mol. The van der Waals surface area contributed by atoms with Crippen molar-refractivity contribution in [2.45, 2.75) is 25.9 Å². The average Bonchev–Trinajstić information content (AvgIpc) is 3.56. The monoisotopic (exact) mass is 559 g/mol. The fourth-order valence-electron chi connectivity index (χ4n) is 5.01. The highest BCUT2D eigenvalue weighted by Crippen LogP contribution is 2.40. The molecule has 0 aliphatic carbocycles. The average molecular weight is 560 g/mol. The molecule has 198 valence electrons. The van der Waals surface area contributed by atoms with Gasteiger partial charge in [0.05, 0.1) is 35.5 Å². The zero-order valence-electron chi connectivity index (χ0n) is 21.6. The molecule has 6 rings (SSSR count). The van der Waals surface area contributed by atoms with Crippen molar-refractivity contribution in [2.75, 3.05) is 19.0 Å². The van der Waals surface area contributed by atoms with Gasteiger partial charge >= 0.3 is 0 Å². The van der Waals surface area contributed by atoms with E-state index in [1.54, 1.807) is 30.8 Å². The topological polar surface area (TPSA) is 55.2 Å². The number of nitrogens with zero attached hydrogens (tertiary/aromatic N) is 4. The van der Waals surface area contributed by atoms with Crippen LogP contribution in [0, 0.1) is 12.7 Å². The second kappa shape index (κ2) is 10.8. The van der Waals surface area contributed by atoms with Crippen LogP contribution in [0.25, 0.3) is 5.69 Å². The molecule has 39 heavy (non-hydrogen) atoms. The normalized spacial score (nSPS) is 15.2. The molecule has 1 unspecified atom stereocenters. The summed E-state index contributed by atoms with van der Waals surface area (Å²) >= 11 is 7.63. The molecule has 1 atom stereocenters. The second-order valence-electron chi connectivity index (χ2n) is 9.64. The van der Waals surface area contributed by atoms with Gasteiger partial charge in [-0.15, -0.1) is 11.3 Å². The van der Waals surface area contributed by atoms with E-state index in [1.165, 1.54) is 11.6 Å². The molecule has 0 bridgehead atoms. The Morgan fingerprint density at radius 1 is 1.13 bits per heavy atom. The van der Waals surface area contributed by atoms with Crippen LogP contribution >= 0.6 is 22.9 Å². The summed E-state index contributed by atoms with van der Waals surface area (Å²) in [4.78, 5) is 12.9. The number of aromatic nitrogens is 3. The Labute approximate surface area is 235 Å². The van der Waals surface area contributed by atoms with Crippen LogP contribution in [0.15, 0.2) is 79.3 Å². The minimum Gasteiger partial charge on any atom is -0.494 e. The summed E-state index contributed by atoms with van der Waals surface area (Å²) in [6.07, 6.45) is 3.73. The number of aryl methyl sites for hydroxylation is 1. The molecule has 5 aromatic rings. The van der Waals surface area contributed by atoms with Gasteiger partial charge in [-0.2, -0.15) is 0 Å². The number of imidazole rings is 1. The SMILES string of the molecule is COc1cc(Nc2nc3c(s2)CN(Cc2ccccc2)CC3c2ccc(Cl)c(F)c2)ccc1-n1cnc(C)c1. The summed E-state index contributed by atoms with van der Waals surface area (Å²) in [6.45, 7) is 4.27. The highest BCUT2D eigenvalue weighted by atomic mass is 35.5. The van der Waals surface area contributed by atoms with E-state index in [1.807, 2.05) is 48.0 Å². The Hall–Kier alpha value is -3.72. The third-order valence-corrected chi connectivity index (χ3v) is 8.16. The van der Waals surface area contributed by atoms with Gasteiger partial charge in [0.2, 0.25) is 0 Å². The summed E-state index contributed by atoms with van der Waals surface area (Å²) in [7, 11) is 1.66. The lowest BCUT2D eigenvalue weighted by Gasteiger charge is -2.32. The summed E-state index contributed by atoms with van der Waals surface area (Å²) in [6, 6.07) is 21.4. The van der Waals surface area contributed by atoms with E-state index >= 15 is 0 Å². The van der Waals surface area contributed by atoms with E-state index in [0.717, 1.165) is 63.7 Å². The molecular formula is C30H27ClFN5OS. The number of methoxy groups -OCH3 is 1. The Balaban J connectivity index is 1.31. The highest BCUT2D eigenvalue weighted by molar-refractivity contribution is 7.15. The molecule has 9 heteroatoms. The molecule has 0 saturated carbocycles. The van der Waals surface area contributed by atoms with Crippen molar-refractivity contribution in [3.05, 3.63) is 117 Å². The molecule has 3 aromatic carbocycles. The summed E-state index contributed by atoms with van der Waals surface area (Å²) < 4.78 is 22.1. The number of hydrogen-bond acceptors (Lipinski definition) is 6. The van der Waals surface area contributed by atoms with Gasteiger partial charge < -0.3 is 14.6 Å². The largest absolute Gasteiger partial charge is 0.494 e. The molecule has 3 heterocycles. The molecule has 0 fully saturated rings. The van der Waals surface area contributed by atoms with E-state index in [0.29, 0.717) is 0 Å². The van der Waals surface area contributed by atoms with Gasteiger partial charge in [0, 0.05) is 48.4 Å². The molecule has 0 spiro atoms. The lowest BCUT2D eigenvalue weighted by molar-refractivity contribution is 0.233. The molecule has 1 aliphatic heterocycles. The molecule has 1 N–H and O–H groups in total. The van der Waals surface area contributed by atoms with Crippen molar-refractivity contribution >= 4 is 33.8 Å². The Kier molecular flexibility index (Phi) is 7.08. The molecule has 0 amide bonds. The van der Waals surface area contributed by atoms with Crippen molar-refractivity contribution in [3.8, 4) is 11.4 Å². The molecule has 6 nitrogen and oxygen atoms in total. The maximum absolute atomic E-state index is 14.5. The molecule has 1 aliphatic rings. The summed E-state index contributed by atoms with van der Waals surface area (Å²) in [5.74, 6) is 0.240. The maximum Gasteiger partial charge on any atom is 0.187 e. The number of rotatable bonds is 7. The van der Waals surface area contributed by atoms with Gasteiger partial charge in [-0.05, 0) is 42.3 Å². The van der Waals surface area contributed by atoms with Gasteiger partial charge in [-0.3, -0.25) is 4.90 Å². The van der Waals surface area contributed by atoms with Crippen molar-refractivity contribution in [1.29, 1.82) is 0 Å². The van der Waals surface area contributed by atoms with E-state index < -0.39 is 5.82 Å². The Morgan fingerprint density at radius 3 is 2.72 bits per heavy atom. The van der Waals surface area contributed by atoms with Crippen LogP contribution in [0.5, 0.6) is 5.75 Å². The lowest BCUT2D eigenvalue weighted by Crippen LogP contribution is -2.33. The van der Waals surface area contributed by atoms with Crippen LogP contribution in [-0.4, -0.2) is 33.1 Å². The minimum atomic E-state index is -0.412. The number of anilines is 2. The fourth-order valence-corrected chi connectivity index (χ4v) is 6.22. The summed E-state index contributed by atoms with van der Waals surface area (Å²) in [5.41, 5.74) is 5.80. The van der Waals surface area contributed by atoms with Crippen molar-refractivity contribution in [3.63, 3.8) is 0 Å². The van der Waals surface area contributed by atoms with E-state index in [9.17, 15) is 4.39 Å². The standard InChI is InChI=1S/C30H27ClFN5OS/c1-19-14-37(18-33-19)26-11-9-22(13-27(26)38-2)34-30-35-29-23(21-8-10-24(31)25(32)12-21)16-36(17-28(29)39-30)15-20-6-4-3-5-7-20/h3-14,18,23H,15-17H2,1-2H3,(H,34,35). The first-order valence-electron chi connectivity index (χ1n) is 12.6. The zero-order valence-corrected chi connectivity index (χ0v) is 23.1. The van der Waals surface area contributed by atoms with Crippen molar-refractivity contribution in [1.82, 2.24) is 19.4 Å². The zero-order chi connectivity index (χ0) is 26.9. The lowest BCUT2D eigenvalue weighted by atomic mass is 9.91. The Bertz CT molecular complexity index is 1620. The smallest absolute Gasteiger partial charge is 0.187 e. The summed E-state index contributed by atoms with van der Waals surface area (Å²) in [5, 5.41) is 4.38. The van der Waals surface area contributed by atoms with E-state index in [2.05, 4.69) is 39.5 Å². The first kappa shape index (κ1) is 25.6. The first-order chi connectivity index (χ1) is 19.0. The van der Waals surface area contributed by atoms with Gasteiger partial charge in [-0.25, -0.2) is 14.4 Å². The third kappa shape index (κ3) is 5.41. The minimum absolute atomic E-state index is 0.0718. The van der Waals surface area contributed by atoms with Crippen LogP contribution in [0.1, 0.15) is 33.3 Å². The van der Waals surface area contributed by atoms with Crippen LogP contribution in [0.2, 0.25) is 5.02 Å². The Morgan fingerprint density at radius 2 is 1.97 bits per heavy atom. The number of hydrogen-bond donors (Lipinski definition) is 1. The number of benzene rings is 3. The predicted molar refractivity (Wildman–Crippen MR) is 154 cm³/mol. The van der Waals surface area contributed by atoms with Crippen LogP contribution < -0.4 is 10.1 Å². The van der Waals surface area contributed by atoms with Crippen LogP contribution in [0.4, 0.5) is 15.2 Å².